The summed E-state index contributed by atoms with van der Waals surface area (Å²) in [6, 6.07) is 16.2. The molecule has 1 N–H and O–H groups in total. The van der Waals surface area contributed by atoms with E-state index < -0.39 is 0 Å². The van der Waals surface area contributed by atoms with Crippen molar-refractivity contribution in [3.63, 3.8) is 0 Å². The molecule has 0 saturated carbocycles. The fraction of sp³-hybridized carbons (Fsp3) is 0.316. The van der Waals surface area contributed by atoms with Crippen LogP contribution in [0.15, 0.2) is 48.5 Å². The highest BCUT2D eigenvalue weighted by Crippen LogP contribution is 2.31. The summed E-state index contributed by atoms with van der Waals surface area (Å²) in [7, 11) is 0. The van der Waals surface area contributed by atoms with Crippen molar-refractivity contribution in [1.82, 2.24) is 5.32 Å². The summed E-state index contributed by atoms with van der Waals surface area (Å²) in [5, 5.41) is 3.77. The number of halogens is 1. The van der Waals surface area contributed by atoms with Crippen LogP contribution in [0, 0.1) is 0 Å². The van der Waals surface area contributed by atoms with Crippen molar-refractivity contribution in [2.24, 2.45) is 0 Å². The van der Waals surface area contributed by atoms with Gasteiger partial charge in [0.25, 0.3) is 0 Å². The van der Waals surface area contributed by atoms with E-state index in [1.54, 1.807) is 0 Å². The monoisotopic (exact) mass is 328 g/mol. The Bertz CT molecular complexity index is 699. The summed E-state index contributed by atoms with van der Waals surface area (Å²) in [5.74, 6) is 0.0380. The molecular weight excluding hydrogens is 308 g/mol. The molecule has 0 bridgehead atoms. The summed E-state index contributed by atoms with van der Waals surface area (Å²) < 4.78 is 0. The lowest BCUT2D eigenvalue weighted by molar-refractivity contribution is -0.120. The van der Waals surface area contributed by atoms with Crippen molar-refractivity contribution >= 4 is 23.2 Å². The zero-order valence-electron chi connectivity index (χ0n) is 13.4. The Morgan fingerprint density at radius 2 is 1.96 bits per heavy atom. The van der Waals surface area contributed by atoms with Crippen LogP contribution in [0.25, 0.3) is 0 Å². The number of para-hydroxylation sites is 1. The molecule has 1 amide bonds. The molecule has 0 aliphatic carbocycles. The predicted octanol–water partition coefficient (Wildman–Crippen LogP) is 3.97. The van der Waals surface area contributed by atoms with Gasteiger partial charge in [0.05, 0.1) is 12.6 Å². The maximum Gasteiger partial charge on any atom is 0.240 e. The van der Waals surface area contributed by atoms with E-state index in [0.717, 1.165) is 12.0 Å². The Morgan fingerprint density at radius 1 is 1.26 bits per heavy atom. The number of nitrogens with one attached hydrogen (secondary N) is 1. The lowest BCUT2D eigenvalue weighted by atomic mass is 10.1. The quantitative estimate of drug-likeness (QED) is 0.921. The van der Waals surface area contributed by atoms with Crippen molar-refractivity contribution in [1.29, 1.82) is 0 Å². The average molecular weight is 329 g/mol. The molecule has 23 heavy (non-hydrogen) atoms. The van der Waals surface area contributed by atoms with Crippen LogP contribution < -0.4 is 10.2 Å². The molecule has 0 aromatic heterocycles. The average Bonchev–Trinajstić information content (AvgIpc) is 2.84. The standard InChI is InChI=1S/C19H21ClN2O/c1-13-11-16-5-3-4-6-18(16)22(13)12-19(23)21-14(2)15-7-9-17(20)10-8-15/h3-10,13-14H,11-12H2,1-2H3,(H,21,23)/t13-,14-/m1/s1. The van der Waals surface area contributed by atoms with Crippen LogP contribution >= 0.6 is 11.6 Å². The number of amides is 1. The lowest BCUT2D eigenvalue weighted by Crippen LogP contribution is -2.40. The number of nitrogens with zero attached hydrogens (tertiary/aromatic N) is 1. The van der Waals surface area contributed by atoms with Crippen LogP contribution in [0.4, 0.5) is 5.69 Å². The van der Waals surface area contributed by atoms with E-state index in [-0.39, 0.29) is 11.9 Å². The zero-order valence-corrected chi connectivity index (χ0v) is 14.2. The van der Waals surface area contributed by atoms with E-state index >= 15 is 0 Å². The van der Waals surface area contributed by atoms with Crippen molar-refractivity contribution < 1.29 is 4.79 Å². The number of rotatable bonds is 4. The van der Waals surface area contributed by atoms with Gasteiger partial charge in [0.15, 0.2) is 0 Å². The maximum absolute atomic E-state index is 12.4. The van der Waals surface area contributed by atoms with Crippen molar-refractivity contribution in [3.05, 3.63) is 64.7 Å². The van der Waals surface area contributed by atoms with Crippen molar-refractivity contribution in [2.45, 2.75) is 32.4 Å². The minimum Gasteiger partial charge on any atom is -0.359 e. The van der Waals surface area contributed by atoms with Crippen LogP contribution in [0.1, 0.15) is 31.0 Å². The third kappa shape index (κ3) is 3.50. The molecule has 2 aromatic carbocycles. The summed E-state index contributed by atoms with van der Waals surface area (Å²) in [4.78, 5) is 14.6. The molecule has 2 atom stereocenters. The molecule has 0 radical (unpaired) electrons. The second kappa shape index (κ2) is 6.63. The number of hydrogen-bond donors (Lipinski definition) is 1. The molecule has 1 heterocycles. The Morgan fingerprint density at radius 3 is 2.70 bits per heavy atom. The van der Waals surface area contributed by atoms with E-state index in [4.69, 9.17) is 11.6 Å². The number of hydrogen-bond acceptors (Lipinski definition) is 2. The van der Waals surface area contributed by atoms with Crippen LogP contribution in [-0.2, 0) is 11.2 Å². The Kier molecular flexibility index (Phi) is 4.58. The molecule has 0 unspecified atom stereocenters. The maximum atomic E-state index is 12.4. The van der Waals surface area contributed by atoms with Gasteiger partial charge in [0.2, 0.25) is 5.91 Å². The van der Waals surface area contributed by atoms with Crippen LogP contribution in [0.5, 0.6) is 0 Å². The van der Waals surface area contributed by atoms with Gasteiger partial charge >= 0.3 is 0 Å². The van der Waals surface area contributed by atoms with E-state index in [9.17, 15) is 4.79 Å². The fourth-order valence-electron chi connectivity index (χ4n) is 3.15. The largest absolute Gasteiger partial charge is 0.359 e. The number of anilines is 1. The lowest BCUT2D eigenvalue weighted by Gasteiger charge is -2.25. The summed E-state index contributed by atoms with van der Waals surface area (Å²) in [6.45, 7) is 4.54. The van der Waals surface area contributed by atoms with Gasteiger partial charge in [-0.25, -0.2) is 0 Å². The zero-order chi connectivity index (χ0) is 16.4. The van der Waals surface area contributed by atoms with Gasteiger partial charge in [0, 0.05) is 16.8 Å². The van der Waals surface area contributed by atoms with E-state index in [1.807, 2.05) is 37.3 Å². The number of benzene rings is 2. The normalized spacial score (nSPS) is 17.7. The van der Waals surface area contributed by atoms with Crippen LogP contribution in [0.3, 0.4) is 0 Å². The van der Waals surface area contributed by atoms with E-state index in [2.05, 4.69) is 35.3 Å². The third-order valence-electron chi connectivity index (χ3n) is 4.41. The fourth-order valence-corrected chi connectivity index (χ4v) is 3.27. The minimum atomic E-state index is -0.0343. The molecule has 120 valence electrons. The highest BCUT2D eigenvalue weighted by Gasteiger charge is 2.27. The van der Waals surface area contributed by atoms with Gasteiger partial charge in [-0.1, -0.05) is 41.9 Å². The molecule has 0 spiro atoms. The summed E-state index contributed by atoms with van der Waals surface area (Å²) in [6.07, 6.45) is 0.996. The molecule has 3 rings (SSSR count). The summed E-state index contributed by atoms with van der Waals surface area (Å²) >= 11 is 5.91. The number of fused-ring (bicyclic) bond motifs is 1. The smallest absolute Gasteiger partial charge is 0.240 e. The first-order valence-electron chi connectivity index (χ1n) is 7.94. The van der Waals surface area contributed by atoms with Gasteiger partial charge in [-0.3, -0.25) is 4.79 Å². The molecule has 2 aromatic rings. The Hall–Kier alpha value is -2.00. The highest BCUT2D eigenvalue weighted by atomic mass is 35.5. The van der Waals surface area contributed by atoms with Crippen LogP contribution in [0.2, 0.25) is 5.02 Å². The Labute approximate surface area is 142 Å². The topological polar surface area (TPSA) is 32.3 Å². The first-order valence-corrected chi connectivity index (χ1v) is 8.32. The first-order chi connectivity index (χ1) is 11.0. The van der Waals surface area contributed by atoms with Crippen molar-refractivity contribution in [3.8, 4) is 0 Å². The second-order valence-electron chi connectivity index (χ2n) is 6.15. The minimum absolute atomic E-state index is 0.0343. The van der Waals surface area contributed by atoms with Crippen LogP contribution in [-0.4, -0.2) is 18.5 Å². The molecule has 4 heteroatoms. The number of carbonyl (C=O) groups excluding carboxylic acids is 1. The van der Waals surface area contributed by atoms with Gasteiger partial charge in [-0.05, 0) is 49.6 Å². The van der Waals surface area contributed by atoms with Gasteiger partial charge in [-0.15, -0.1) is 0 Å². The molecule has 0 fully saturated rings. The molecule has 3 nitrogen and oxygen atoms in total. The van der Waals surface area contributed by atoms with Gasteiger partial charge < -0.3 is 10.2 Å². The number of carbonyl (C=O) groups is 1. The Balaban J connectivity index is 1.64. The molecule has 1 aliphatic rings. The van der Waals surface area contributed by atoms with E-state index in [1.165, 1.54) is 11.3 Å². The third-order valence-corrected chi connectivity index (χ3v) is 4.66. The summed E-state index contributed by atoms with van der Waals surface area (Å²) in [5.41, 5.74) is 3.55. The highest BCUT2D eigenvalue weighted by molar-refractivity contribution is 6.30. The molecular formula is C19H21ClN2O. The predicted molar refractivity (Wildman–Crippen MR) is 95.0 cm³/mol. The second-order valence-corrected chi connectivity index (χ2v) is 6.59. The van der Waals surface area contributed by atoms with Crippen molar-refractivity contribution in [2.75, 3.05) is 11.4 Å². The SMILES string of the molecule is C[C@@H]1Cc2ccccc2N1CC(=O)N[C@H](C)c1ccc(Cl)cc1. The molecule has 1 aliphatic heterocycles. The van der Waals surface area contributed by atoms with Gasteiger partial charge in [0.1, 0.15) is 0 Å². The van der Waals surface area contributed by atoms with Gasteiger partial charge in [-0.2, -0.15) is 0 Å². The first kappa shape index (κ1) is 15.9. The van der Waals surface area contributed by atoms with E-state index in [0.29, 0.717) is 17.6 Å². The molecule has 0 saturated heterocycles.